The molecule has 0 saturated heterocycles. The SMILES string of the molecule is CCC(CC1CC1)Nc1cc(Br)nc(C(C)C)n1. The first-order valence-corrected chi connectivity index (χ1v) is 7.68. The average Bonchev–Trinajstić information content (AvgIpc) is 3.11. The van der Waals surface area contributed by atoms with Gasteiger partial charge in [-0.15, -0.1) is 0 Å². The molecule has 4 heteroatoms. The lowest BCUT2D eigenvalue weighted by molar-refractivity contribution is 0.584. The monoisotopic (exact) mass is 311 g/mol. The summed E-state index contributed by atoms with van der Waals surface area (Å²) in [6, 6.07) is 2.51. The molecule has 0 amide bonds. The molecule has 1 fully saturated rings. The van der Waals surface area contributed by atoms with Crippen LogP contribution in [0.15, 0.2) is 10.7 Å². The van der Waals surface area contributed by atoms with Crippen molar-refractivity contribution in [3.05, 3.63) is 16.5 Å². The summed E-state index contributed by atoms with van der Waals surface area (Å²) >= 11 is 3.47. The van der Waals surface area contributed by atoms with Gasteiger partial charge in [0.05, 0.1) is 0 Å². The minimum Gasteiger partial charge on any atom is -0.367 e. The molecule has 1 aliphatic rings. The van der Waals surface area contributed by atoms with Crippen LogP contribution < -0.4 is 5.32 Å². The molecule has 2 rings (SSSR count). The molecule has 1 aromatic rings. The van der Waals surface area contributed by atoms with Crippen molar-refractivity contribution in [3.8, 4) is 0 Å². The quantitative estimate of drug-likeness (QED) is 0.793. The van der Waals surface area contributed by atoms with Crippen LogP contribution in [0, 0.1) is 5.92 Å². The van der Waals surface area contributed by atoms with E-state index in [2.05, 4.69) is 52.0 Å². The molecule has 1 aromatic heterocycles. The van der Waals surface area contributed by atoms with Crippen LogP contribution in [0.25, 0.3) is 0 Å². The second-order valence-electron chi connectivity index (χ2n) is 5.52. The third kappa shape index (κ3) is 3.94. The molecule has 0 radical (unpaired) electrons. The highest BCUT2D eigenvalue weighted by atomic mass is 79.9. The van der Waals surface area contributed by atoms with Gasteiger partial charge in [-0.3, -0.25) is 0 Å². The van der Waals surface area contributed by atoms with Crippen LogP contribution >= 0.6 is 15.9 Å². The Balaban J connectivity index is 2.06. The van der Waals surface area contributed by atoms with Gasteiger partial charge in [-0.25, -0.2) is 9.97 Å². The van der Waals surface area contributed by atoms with Gasteiger partial charge < -0.3 is 5.32 Å². The van der Waals surface area contributed by atoms with Crippen LogP contribution in [-0.4, -0.2) is 16.0 Å². The van der Waals surface area contributed by atoms with Gasteiger partial charge in [0, 0.05) is 18.0 Å². The molecule has 18 heavy (non-hydrogen) atoms. The first-order chi connectivity index (χ1) is 8.58. The number of nitrogens with zero attached hydrogens (tertiary/aromatic N) is 2. The predicted molar refractivity (Wildman–Crippen MR) is 78.9 cm³/mol. The number of hydrogen-bond acceptors (Lipinski definition) is 3. The van der Waals surface area contributed by atoms with Crippen molar-refractivity contribution in [2.75, 3.05) is 5.32 Å². The summed E-state index contributed by atoms with van der Waals surface area (Å²) in [4.78, 5) is 9.00. The second kappa shape index (κ2) is 6.00. The Bertz CT molecular complexity index is 402. The number of rotatable bonds is 6. The first kappa shape index (κ1) is 13.8. The highest BCUT2D eigenvalue weighted by Gasteiger charge is 2.25. The van der Waals surface area contributed by atoms with Crippen LogP contribution in [0.2, 0.25) is 0 Å². The van der Waals surface area contributed by atoms with Crippen LogP contribution in [-0.2, 0) is 0 Å². The van der Waals surface area contributed by atoms with Crippen LogP contribution in [0.5, 0.6) is 0 Å². The maximum absolute atomic E-state index is 4.60. The molecule has 0 spiro atoms. The van der Waals surface area contributed by atoms with E-state index in [1.165, 1.54) is 19.3 Å². The van der Waals surface area contributed by atoms with Crippen LogP contribution in [0.1, 0.15) is 58.2 Å². The zero-order valence-corrected chi connectivity index (χ0v) is 13.0. The van der Waals surface area contributed by atoms with E-state index < -0.39 is 0 Å². The smallest absolute Gasteiger partial charge is 0.134 e. The Labute approximate surface area is 118 Å². The van der Waals surface area contributed by atoms with Gasteiger partial charge >= 0.3 is 0 Å². The van der Waals surface area contributed by atoms with Gasteiger partial charge in [0.2, 0.25) is 0 Å². The zero-order chi connectivity index (χ0) is 13.1. The van der Waals surface area contributed by atoms with E-state index in [1.807, 2.05) is 6.07 Å². The van der Waals surface area contributed by atoms with E-state index in [9.17, 15) is 0 Å². The van der Waals surface area contributed by atoms with Gasteiger partial charge in [0.25, 0.3) is 0 Å². The van der Waals surface area contributed by atoms with E-state index >= 15 is 0 Å². The summed E-state index contributed by atoms with van der Waals surface area (Å²) in [6.45, 7) is 6.47. The number of halogens is 1. The van der Waals surface area contributed by atoms with Crippen molar-refractivity contribution >= 4 is 21.7 Å². The first-order valence-electron chi connectivity index (χ1n) is 6.89. The number of anilines is 1. The fraction of sp³-hybridized carbons (Fsp3) is 0.714. The van der Waals surface area contributed by atoms with Gasteiger partial charge in [-0.2, -0.15) is 0 Å². The summed E-state index contributed by atoms with van der Waals surface area (Å²) < 4.78 is 0.866. The standard InChI is InChI=1S/C14H22BrN3/c1-4-11(7-10-5-6-10)16-13-8-12(15)17-14(18-13)9(2)3/h8-11H,4-7H2,1-3H3,(H,16,17,18). The summed E-state index contributed by atoms with van der Waals surface area (Å²) in [5.41, 5.74) is 0. The lowest BCUT2D eigenvalue weighted by Gasteiger charge is -2.18. The molecule has 1 unspecified atom stereocenters. The lowest BCUT2D eigenvalue weighted by Crippen LogP contribution is -2.20. The Kier molecular flexibility index (Phi) is 4.60. The van der Waals surface area contributed by atoms with Gasteiger partial charge in [0.15, 0.2) is 0 Å². The maximum atomic E-state index is 4.60. The zero-order valence-electron chi connectivity index (χ0n) is 11.4. The minimum atomic E-state index is 0.353. The van der Waals surface area contributed by atoms with E-state index in [0.29, 0.717) is 12.0 Å². The van der Waals surface area contributed by atoms with Gasteiger partial charge in [0.1, 0.15) is 16.2 Å². The summed E-state index contributed by atoms with van der Waals surface area (Å²) in [5, 5.41) is 3.56. The lowest BCUT2D eigenvalue weighted by atomic mass is 10.1. The predicted octanol–water partition coefficient (Wildman–Crippen LogP) is 4.35. The fourth-order valence-electron chi connectivity index (χ4n) is 2.06. The molecule has 100 valence electrons. The summed E-state index contributed by atoms with van der Waals surface area (Å²) in [7, 11) is 0. The van der Waals surface area contributed by atoms with E-state index in [0.717, 1.165) is 28.6 Å². The highest BCUT2D eigenvalue weighted by Crippen LogP contribution is 2.34. The average molecular weight is 312 g/mol. The van der Waals surface area contributed by atoms with Gasteiger partial charge in [-0.1, -0.05) is 33.6 Å². The van der Waals surface area contributed by atoms with Crippen LogP contribution in [0.4, 0.5) is 5.82 Å². The molecule has 1 saturated carbocycles. The Morgan fingerprint density at radius 3 is 2.67 bits per heavy atom. The largest absolute Gasteiger partial charge is 0.367 e. The number of nitrogens with one attached hydrogen (secondary N) is 1. The number of aromatic nitrogens is 2. The van der Waals surface area contributed by atoms with Gasteiger partial charge in [-0.05, 0) is 34.7 Å². The molecule has 0 aliphatic heterocycles. The van der Waals surface area contributed by atoms with Crippen molar-refractivity contribution in [1.29, 1.82) is 0 Å². The molecule has 1 aliphatic carbocycles. The number of hydrogen-bond donors (Lipinski definition) is 1. The summed E-state index contributed by atoms with van der Waals surface area (Å²) in [6.07, 6.45) is 5.23. The van der Waals surface area contributed by atoms with E-state index in [-0.39, 0.29) is 0 Å². The molecule has 1 heterocycles. The topological polar surface area (TPSA) is 37.8 Å². The Hall–Kier alpha value is -0.640. The van der Waals surface area contributed by atoms with E-state index in [4.69, 9.17) is 0 Å². The second-order valence-corrected chi connectivity index (χ2v) is 6.33. The maximum Gasteiger partial charge on any atom is 0.134 e. The van der Waals surface area contributed by atoms with Crippen molar-refractivity contribution < 1.29 is 0 Å². The summed E-state index contributed by atoms with van der Waals surface area (Å²) in [5.74, 6) is 3.14. The normalized spacial score (nSPS) is 16.9. The molecule has 0 bridgehead atoms. The van der Waals surface area contributed by atoms with Crippen molar-refractivity contribution in [1.82, 2.24) is 9.97 Å². The molecule has 0 aromatic carbocycles. The Morgan fingerprint density at radius 2 is 2.11 bits per heavy atom. The Morgan fingerprint density at radius 1 is 1.39 bits per heavy atom. The van der Waals surface area contributed by atoms with Crippen molar-refractivity contribution in [3.63, 3.8) is 0 Å². The molecule has 1 atom stereocenters. The minimum absolute atomic E-state index is 0.353. The highest BCUT2D eigenvalue weighted by molar-refractivity contribution is 9.10. The third-order valence-electron chi connectivity index (χ3n) is 3.39. The fourth-order valence-corrected chi connectivity index (χ4v) is 2.46. The van der Waals surface area contributed by atoms with Crippen LogP contribution in [0.3, 0.4) is 0 Å². The van der Waals surface area contributed by atoms with E-state index in [1.54, 1.807) is 0 Å². The molecule has 1 N–H and O–H groups in total. The molecule has 3 nitrogen and oxygen atoms in total. The third-order valence-corrected chi connectivity index (χ3v) is 3.79. The molecular weight excluding hydrogens is 290 g/mol. The van der Waals surface area contributed by atoms with Crippen molar-refractivity contribution in [2.24, 2.45) is 5.92 Å². The molecular formula is C14H22BrN3. The van der Waals surface area contributed by atoms with Crippen molar-refractivity contribution in [2.45, 2.75) is 58.4 Å².